The Balaban J connectivity index is 1.96. The molecule has 3 atom stereocenters. The minimum absolute atomic E-state index is 0.0491. The number of aliphatic hydroxyl groups excluding tert-OH is 2. The van der Waals surface area contributed by atoms with Crippen LogP contribution >= 0.6 is 0 Å². The second-order valence-electron chi connectivity index (χ2n) is 7.66. The van der Waals surface area contributed by atoms with E-state index in [9.17, 15) is 34.8 Å². The molecule has 0 unspecified atom stereocenters. The number of phenols is 1. The molecular weight excluding hydrogens is 382 g/mol. The number of benzene rings is 1. The molecule has 29 heavy (non-hydrogen) atoms. The quantitative estimate of drug-likeness (QED) is 0.141. The zero-order chi connectivity index (χ0) is 21.4. The van der Waals surface area contributed by atoms with Gasteiger partial charge in [-0.25, -0.2) is 0 Å². The minimum Gasteiger partial charge on any atom is -0.508 e. The van der Waals surface area contributed by atoms with E-state index >= 15 is 0 Å². The summed E-state index contributed by atoms with van der Waals surface area (Å²) in [6, 6.07) is 1.34. The molecule has 1 aromatic carbocycles. The third-order valence-electron chi connectivity index (χ3n) is 6.13. The third kappa shape index (κ3) is 2.23. The van der Waals surface area contributed by atoms with E-state index < -0.39 is 57.8 Å². The molecule has 3 aliphatic rings. The monoisotopic (exact) mass is 401 g/mol. The van der Waals surface area contributed by atoms with Crippen LogP contribution in [0, 0.1) is 11.8 Å². The number of phenolic OH excluding ortho intramolecular Hbond substituents is 1. The van der Waals surface area contributed by atoms with Crippen molar-refractivity contribution in [1.29, 1.82) is 0 Å². The van der Waals surface area contributed by atoms with Crippen molar-refractivity contribution in [2.24, 2.45) is 17.6 Å². The summed E-state index contributed by atoms with van der Waals surface area (Å²) in [5.74, 6) is -6.93. The van der Waals surface area contributed by atoms with E-state index in [1.165, 1.54) is 6.07 Å². The van der Waals surface area contributed by atoms with Crippen molar-refractivity contribution in [3.05, 3.63) is 34.1 Å². The van der Waals surface area contributed by atoms with Gasteiger partial charge < -0.3 is 37.6 Å². The standard InChI is InChI=1S/C19H19N3O7/c20-8-4-9(21)14(24)12-7(8)2-5-1-6-3-10(23)13(18(22)28)17(27)19(6,29)16(26)11(5)15(12)25/h4-6,24-25,27,29H,1-3,20-21H2,(H2,22,28)/t5-,6+,19+/m1/s1. The van der Waals surface area contributed by atoms with E-state index in [2.05, 4.69) is 0 Å². The molecule has 152 valence electrons. The van der Waals surface area contributed by atoms with Gasteiger partial charge in [0, 0.05) is 23.6 Å². The van der Waals surface area contributed by atoms with Crippen molar-refractivity contribution in [2.45, 2.75) is 24.9 Å². The van der Waals surface area contributed by atoms with Crippen LogP contribution in [0.3, 0.4) is 0 Å². The van der Waals surface area contributed by atoms with Gasteiger partial charge in [0.1, 0.15) is 22.8 Å². The number of nitrogens with two attached hydrogens (primary N) is 3. The summed E-state index contributed by atoms with van der Waals surface area (Å²) in [4.78, 5) is 37.0. The van der Waals surface area contributed by atoms with Crippen LogP contribution in [-0.4, -0.2) is 43.5 Å². The first-order valence-electron chi connectivity index (χ1n) is 8.87. The summed E-state index contributed by atoms with van der Waals surface area (Å²) in [6.45, 7) is 0. The molecule has 1 saturated carbocycles. The first kappa shape index (κ1) is 18.8. The maximum absolute atomic E-state index is 13.2. The van der Waals surface area contributed by atoms with Gasteiger partial charge in [0.25, 0.3) is 5.91 Å². The average Bonchev–Trinajstić information content (AvgIpc) is 2.62. The Morgan fingerprint density at radius 1 is 1.10 bits per heavy atom. The van der Waals surface area contributed by atoms with Crippen LogP contribution in [0.2, 0.25) is 0 Å². The predicted octanol–water partition coefficient (Wildman–Crippen LogP) is -0.412. The van der Waals surface area contributed by atoms with Crippen LogP contribution in [0.4, 0.5) is 11.4 Å². The average molecular weight is 401 g/mol. The molecule has 1 fully saturated rings. The van der Waals surface area contributed by atoms with Crippen LogP contribution in [0.15, 0.2) is 23.0 Å². The van der Waals surface area contributed by atoms with Gasteiger partial charge in [0.15, 0.2) is 11.4 Å². The van der Waals surface area contributed by atoms with Crippen molar-refractivity contribution >= 4 is 34.6 Å². The van der Waals surface area contributed by atoms with Gasteiger partial charge in [0.05, 0.1) is 11.3 Å². The summed E-state index contributed by atoms with van der Waals surface area (Å²) in [7, 11) is 0. The second-order valence-corrected chi connectivity index (χ2v) is 7.66. The molecule has 0 radical (unpaired) electrons. The van der Waals surface area contributed by atoms with Gasteiger partial charge in [-0.2, -0.15) is 0 Å². The van der Waals surface area contributed by atoms with Crippen molar-refractivity contribution < 1.29 is 34.8 Å². The van der Waals surface area contributed by atoms with Crippen molar-refractivity contribution in [3.63, 3.8) is 0 Å². The van der Waals surface area contributed by atoms with E-state index in [4.69, 9.17) is 17.2 Å². The van der Waals surface area contributed by atoms with E-state index in [1.54, 1.807) is 0 Å². The SMILES string of the molecule is NC(=O)C1=C(O)[C@@]2(O)C(=O)C3=C(O)c4c(O)c(N)cc(N)c4C[C@H]3C[C@H]2CC1=O. The summed E-state index contributed by atoms with van der Waals surface area (Å²) in [5.41, 5.74) is 13.5. The fourth-order valence-electron chi connectivity index (χ4n) is 4.74. The smallest absolute Gasteiger partial charge is 0.255 e. The highest BCUT2D eigenvalue weighted by atomic mass is 16.3. The van der Waals surface area contributed by atoms with Crippen molar-refractivity contribution in [2.75, 3.05) is 11.5 Å². The third-order valence-corrected chi connectivity index (χ3v) is 6.13. The van der Waals surface area contributed by atoms with Crippen LogP contribution < -0.4 is 17.2 Å². The molecule has 0 spiro atoms. The predicted molar refractivity (Wildman–Crippen MR) is 100 cm³/mol. The van der Waals surface area contributed by atoms with Gasteiger partial charge in [-0.15, -0.1) is 0 Å². The normalized spacial score (nSPS) is 28.7. The van der Waals surface area contributed by atoms with E-state index in [0.717, 1.165) is 0 Å². The Morgan fingerprint density at radius 3 is 2.38 bits per heavy atom. The summed E-state index contributed by atoms with van der Waals surface area (Å²) < 4.78 is 0. The molecule has 1 amide bonds. The largest absolute Gasteiger partial charge is 0.508 e. The molecule has 3 aliphatic carbocycles. The lowest BCUT2D eigenvalue weighted by atomic mass is 9.59. The summed E-state index contributed by atoms with van der Waals surface area (Å²) in [6.07, 6.45) is -0.175. The number of ketones is 2. The van der Waals surface area contributed by atoms with Crippen molar-refractivity contribution in [1.82, 2.24) is 0 Å². The van der Waals surface area contributed by atoms with E-state index in [1.807, 2.05) is 0 Å². The van der Waals surface area contributed by atoms with E-state index in [-0.39, 0.29) is 41.8 Å². The van der Waals surface area contributed by atoms with Crippen molar-refractivity contribution in [3.8, 4) is 5.75 Å². The maximum atomic E-state index is 13.2. The first-order valence-corrected chi connectivity index (χ1v) is 8.87. The second kappa shape index (κ2) is 5.74. The molecule has 0 aromatic heterocycles. The first-order chi connectivity index (χ1) is 13.5. The number of nitrogen functional groups attached to an aromatic ring is 2. The number of rotatable bonds is 1. The van der Waals surface area contributed by atoms with Gasteiger partial charge in [-0.1, -0.05) is 0 Å². The highest BCUT2D eigenvalue weighted by Crippen LogP contribution is 2.53. The number of primary amides is 1. The lowest BCUT2D eigenvalue weighted by Gasteiger charge is -2.46. The molecule has 10 heteroatoms. The minimum atomic E-state index is -2.59. The number of aromatic hydroxyl groups is 1. The molecule has 0 saturated heterocycles. The highest BCUT2D eigenvalue weighted by molar-refractivity contribution is 6.22. The molecule has 4 rings (SSSR count). The van der Waals surface area contributed by atoms with Crippen LogP contribution in [0.5, 0.6) is 5.75 Å². The number of anilines is 2. The fraction of sp³-hybridized carbons (Fsp3) is 0.316. The molecule has 10 N–H and O–H groups in total. The number of Topliss-reactive ketones (excluding diaryl/α,β-unsaturated/α-hetero) is 2. The topological polar surface area (TPSA) is 210 Å². The van der Waals surface area contributed by atoms with Crippen LogP contribution in [0.1, 0.15) is 24.0 Å². The number of carbonyl (C=O) groups is 3. The molecule has 0 heterocycles. The van der Waals surface area contributed by atoms with E-state index in [0.29, 0.717) is 5.56 Å². The van der Waals surface area contributed by atoms with Gasteiger partial charge in [-0.3, -0.25) is 14.4 Å². The number of fused-ring (bicyclic) bond motifs is 3. The molecular formula is C19H19N3O7. The van der Waals surface area contributed by atoms with Crippen LogP contribution in [-0.2, 0) is 20.8 Å². The Labute approximate surface area is 163 Å². The lowest BCUT2D eigenvalue weighted by Crippen LogP contribution is -2.58. The Bertz CT molecular complexity index is 1090. The zero-order valence-corrected chi connectivity index (χ0v) is 15.1. The number of hydrogen-bond donors (Lipinski definition) is 7. The van der Waals surface area contributed by atoms with Gasteiger partial charge >= 0.3 is 0 Å². The number of amides is 1. The zero-order valence-electron chi connectivity index (χ0n) is 15.1. The number of carbonyl (C=O) groups excluding carboxylic acids is 3. The molecule has 1 aromatic rings. The summed E-state index contributed by atoms with van der Waals surface area (Å²) in [5, 5.41) is 42.6. The van der Waals surface area contributed by atoms with Crippen LogP contribution in [0.25, 0.3) is 5.76 Å². The maximum Gasteiger partial charge on any atom is 0.255 e. The van der Waals surface area contributed by atoms with Gasteiger partial charge in [0.2, 0.25) is 5.78 Å². The fourth-order valence-corrected chi connectivity index (χ4v) is 4.74. The molecule has 10 nitrogen and oxygen atoms in total. The highest BCUT2D eigenvalue weighted by Gasteiger charge is 2.60. The Kier molecular flexibility index (Phi) is 3.72. The number of hydrogen-bond acceptors (Lipinski definition) is 9. The molecule has 0 aliphatic heterocycles. The Morgan fingerprint density at radius 2 is 1.76 bits per heavy atom. The van der Waals surface area contributed by atoms with Gasteiger partial charge in [-0.05, 0) is 30.4 Å². The molecule has 0 bridgehead atoms. The lowest BCUT2D eigenvalue weighted by molar-refractivity contribution is -0.147. The summed E-state index contributed by atoms with van der Waals surface area (Å²) >= 11 is 0. The number of aliphatic hydroxyl groups is 3. The Hall–Kier alpha value is -3.53.